The van der Waals surface area contributed by atoms with Crippen LogP contribution in [-0.4, -0.2) is 44.1 Å². The number of benzene rings is 4. The largest absolute Gasteiger partial charge is 0.488 e. The minimum atomic E-state index is -1.28. The van der Waals surface area contributed by atoms with E-state index in [0.29, 0.717) is 16.6 Å². The van der Waals surface area contributed by atoms with E-state index in [1.165, 1.54) is 12.1 Å². The zero-order valence-electron chi connectivity index (χ0n) is 22.5. The Labute approximate surface area is 253 Å². The summed E-state index contributed by atoms with van der Waals surface area (Å²) in [6.07, 6.45) is 0. The Kier molecular flexibility index (Phi) is 9.25. The van der Waals surface area contributed by atoms with Crippen molar-refractivity contribution in [2.24, 2.45) is 0 Å². The summed E-state index contributed by atoms with van der Waals surface area (Å²) in [4.78, 5) is 22.9. The van der Waals surface area contributed by atoms with Crippen LogP contribution < -0.4 is 14.8 Å². The summed E-state index contributed by atoms with van der Waals surface area (Å²) in [5.41, 5.74) is 4.52. The van der Waals surface area contributed by atoms with Crippen molar-refractivity contribution >= 4 is 38.6 Å². The summed E-state index contributed by atoms with van der Waals surface area (Å²) >= 11 is 3.65. The van der Waals surface area contributed by atoms with E-state index in [1.807, 2.05) is 48.5 Å². The molecule has 0 unspecified atom stereocenters. The van der Waals surface area contributed by atoms with Crippen molar-refractivity contribution in [1.29, 1.82) is 0 Å². The van der Waals surface area contributed by atoms with Crippen LogP contribution in [0.2, 0.25) is 0 Å². The second-order valence-corrected chi connectivity index (χ2v) is 10.2. The first-order valence-corrected chi connectivity index (χ1v) is 13.8. The van der Waals surface area contributed by atoms with Gasteiger partial charge in [-0.2, -0.15) is 0 Å². The molecule has 0 aliphatic rings. The Morgan fingerprint density at radius 2 is 1.72 bits per heavy atom. The van der Waals surface area contributed by atoms with Crippen LogP contribution >= 0.6 is 15.9 Å². The van der Waals surface area contributed by atoms with Gasteiger partial charge in [0.2, 0.25) is 5.75 Å². The number of carboxylic acid groups (broad SMARTS) is 1. The second-order valence-electron chi connectivity index (χ2n) is 9.45. The smallest absolute Gasteiger partial charge is 0.323 e. The van der Waals surface area contributed by atoms with Gasteiger partial charge in [-0.05, 0) is 55.1 Å². The number of rotatable bonds is 13. The molecule has 0 aliphatic carbocycles. The summed E-state index contributed by atoms with van der Waals surface area (Å²) < 4.78 is 17.6. The molecular formula is C30H25BrN4O8. The van der Waals surface area contributed by atoms with Gasteiger partial charge in [-0.3, -0.25) is 20.2 Å². The standard InChI is InChI=1S/C30H25BrN4O8/c31-29-20(7-4-8-22(29)19-5-2-1-3-6-19)17-42-28-13-27(41-16-18-9-10-23-24(11-18)34-43-33-23)21(12-26(28)35(39)40)14-32-25(15-36)30(37)38/h1-13,25,32,36H,14-17H2,(H,37,38)/t25-/m1/s1. The number of hydrogen-bond donors (Lipinski definition) is 3. The number of aromatic nitrogens is 2. The first-order chi connectivity index (χ1) is 20.8. The SMILES string of the molecule is O=C(O)[C@@H](CO)NCc1cc([N+](=O)[O-])c(OCc2cccc(-c3ccccc3)c2Br)cc1OCc1ccc2nonc2c1. The molecule has 0 saturated heterocycles. The summed E-state index contributed by atoms with van der Waals surface area (Å²) in [7, 11) is 0. The average Bonchev–Trinajstić information content (AvgIpc) is 3.48. The second kappa shape index (κ2) is 13.4. The van der Waals surface area contributed by atoms with Crippen LogP contribution in [0, 0.1) is 10.1 Å². The summed E-state index contributed by atoms with van der Waals surface area (Å²) in [5.74, 6) is -1.07. The summed E-state index contributed by atoms with van der Waals surface area (Å²) in [6.45, 7) is -0.733. The number of aliphatic hydroxyl groups is 1. The number of aliphatic hydroxyl groups excluding tert-OH is 1. The summed E-state index contributed by atoms with van der Waals surface area (Å²) in [5, 5.41) is 41.1. The molecule has 43 heavy (non-hydrogen) atoms. The number of fused-ring (bicyclic) bond motifs is 1. The number of nitro benzene ring substituents is 1. The molecule has 0 spiro atoms. The molecule has 1 atom stereocenters. The Morgan fingerprint density at radius 3 is 2.47 bits per heavy atom. The highest BCUT2D eigenvalue weighted by molar-refractivity contribution is 9.10. The van der Waals surface area contributed by atoms with Crippen LogP contribution in [0.5, 0.6) is 11.5 Å². The third kappa shape index (κ3) is 6.97. The van der Waals surface area contributed by atoms with Crippen molar-refractivity contribution in [3.63, 3.8) is 0 Å². The Bertz CT molecular complexity index is 1760. The van der Waals surface area contributed by atoms with Gasteiger partial charge >= 0.3 is 11.7 Å². The lowest BCUT2D eigenvalue weighted by Crippen LogP contribution is -2.39. The van der Waals surface area contributed by atoms with Crippen molar-refractivity contribution in [1.82, 2.24) is 15.6 Å². The molecule has 0 fully saturated rings. The molecule has 4 aromatic carbocycles. The average molecular weight is 649 g/mol. The van der Waals surface area contributed by atoms with Crippen molar-refractivity contribution in [2.75, 3.05) is 6.61 Å². The molecule has 0 saturated carbocycles. The number of nitro groups is 1. The normalized spacial score (nSPS) is 11.8. The van der Waals surface area contributed by atoms with E-state index < -0.39 is 23.5 Å². The van der Waals surface area contributed by atoms with Gasteiger partial charge in [0.1, 0.15) is 36.0 Å². The lowest BCUT2D eigenvalue weighted by molar-refractivity contribution is -0.386. The number of halogens is 1. The number of ether oxygens (including phenoxy) is 2. The number of carboxylic acids is 1. The van der Waals surface area contributed by atoms with Crippen molar-refractivity contribution in [2.45, 2.75) is 25.8 Å². The molecule has 0 amide bonds. The Morgan fingerprint density at radius 1 is 0.953 bits per heavy atom. The first-order valence-electron chi connectivity index (χ1n) is 13.0. The third-order valence-corrected chi connectivity index (χ3v) is 7.55. The quantitative estimate of drug-likeness (QED) is 0.112. The zero-order chi connectivity index (χ0) is 30.3. The highest BCUT2D eigenvalue weighted by Crippen LogP contribution is 2.37. The molecule has 13 heteroatoms. The lowest BCUT2D eigenvalue weighted by atomic mass is 10.0. The van der Waals surface area contributed by atoms with Crippen molar-refractivity contribution < 1.29 is 34.0 Å². The van der Waals surface area contributed by atoms with Crippen LogP contribution in [0.25, 0.3) is 22.2 Å². The molecule has 5 rings (SSSR count). The van der Waals surface area contributed by atoms with Crippen molar-refractivity contribution in [3.05, 3.63) is 110 Å². The maximum atomic E-state index is 12.1. The highest BCUT2D eigenvalue weighted by atomic mass is 79.9. The predicted molar refractivity (Wildman–Crippen MR) is 158 cm³/mol. The van der Waals surface area contributed by atoms with Crippen LogP contribution in [0.3, 0.4) is 0 Å². The molecule has 0 bridgehead atoms. The highest BCUT2D eigenvalue weighted by Gasteiger charge is 2.23. The lowest BCUT2D eigenvalue weighted by Gasteiger charge is -2.17. The molecule has 1 aromatic heterocycles. The molecule has 0 aliphatic heterocycles. The number of hydrogen-bond acceptors (Lipinski definition) is 10. The zero-order valence-corrected chi connectivity index (χ0v) is 24.1. The minimum Gasteiger partial charge on any atom is -0.488 e. The molecule has 3 N–H and O–H groups in total. The summed E-state index contributed by atoms with van der Waals surface area (Å²) in [6, 6.07) is 22.1. The molecule has 1 heterocycles. The van der Waals surface area contributed by atoms with E-state index in [0.717, 1.165) is 26.7 Å². The van der Waals surface area contributed by atoms with Gasteiger partial charge in [0.25, 0.3) is 0 Å². The van der Waals surface area contributed by atoms with Gasteiger partial charge in [0.15, 0.2) is 0 Å². The number of carbonyl (C=O) groups is 1. The Balaban J connectivity index is 1.44. The van der Waals surface area contributed by atoms with E-state index in [2.05, 4.69) is 31.6 Å². The van der Waals surface area contributed by atoms with Crippen LogP contribution in [0.1, 0.15) is 16.7 Å². The monoisotopic (exact) mass is 648 g/mol. The number of aliphatic carboxylic acids is 1. The Hall–Kier alpha value is -4.85. The minimum absolute atomic E-state index is 0.0144. The van der Waals surface area contributed by atoms with Gasteiger partial charge in [-0.15, -0.1) is 0 Å². The fourth-order valence-corrected chi connectivity index (χ4v) is 4.96. The van der Waals surface area contributed by atoms with E-state index in [9.17, 15) is 25.1 Å². The van der Waals surface area contributed by atoms with E-state index in [1.54, 1.807) is 18.2 Å². The van der Waals surface area contributed by atoms with E-state index in [4.69, 9.17) is 14.1 Å². The van der Waals surface area contributed by atoms with E-state index >= 15 is 0 Å². The van der Waals surface area contributed by atoms with Gasteiger partial charge < -0.3 is 19.7 Å². The maximum Gasteiger partial charge on any atom is 0.323 e. The topological polar surface area (TPSA) is 170 Å². The maximum absolute atomic E-state index is 12.1. The van der Waals surface area contributed by atoms with E-state index in [-0.39, 0.29) is 36.9 Å². The number of nitrogens with zero attached hydrogens (tertiary/aromatic N) is 3. The fourth-order valence-electron chi connectivity index (χ4n) is 4.35. The van der Waals surface area contributed by atoms with Crippen LogP contribution in [-0.2, 0) is 24.6 Å². The van der Waals surface area contributed by atoms with Gasteiger partial charge in [-0.1, -0.05) is 54.6 Å². The molecular weight excluding hydrogens is 624 g/mol. The predicted octanol–water partition coefficient (Wildman–Crippen LogP) is 5.25. The van der Waals surface area contributed by atoms with Crippen molar-refractivity contribution in [3.8, 4) is 22.6 Å². The van der Waals surface area contributed by atoms with Gasteiger partial charge in [0, 0.05) is 34.3 Å². The van der Waals surface area contributed by atoms with Crippen LogP contribution in [0.15, 0.2) is 88.0 Å². The first kappa shape index (κ1) is 29.6. The van der Waals surface area contributed by atoms with Gasteiger partial charge in [0.05, 0.1) is 11.5 Å². The third-order valence-electron chi connectivity index (χ3n) is 6.62. The molecule has 0 radical (unpaired) electrons. The van der Waals surface area contributed by atoms with Gasteiger partial charge in [-0.25, -0.2) is 4.63 Å². The molecule has 12 nitrogen and oxygen atoms in total. The molecule has 5 aromatic rings. The van der Waals surface area contributed by atoms with Crippen LogP contribution in [0.4, 0.5) is 5.69 Å². The number of nitrogens with one attached hydrogen (secondary N) is 1. The molecule has 220 valence electrons. The fraction of sp³-hybridized carbons (Fsp3) is 0.167.